The molecule has 0 saturated heterocycles. The van der Waals surface area contributed by atoms with Crippen LogP contribution in [0.25, 0.3) is 21.8 Å². The van der Waals surface area contributed by atoms with Gasteiger partial charge in [0.05, 0.1) is 50.2 Å². The number of hydrazine groups is 1. The topological polar surface area (TPSA) is 177 Å². The zero-order chi connectivity index (χ0) is 49.3. The van der Waals surface area contributed by atoms with Crippen LogP contribution in [0.3, 0.4) is 0 Å². The summed E-state index contributed by atoms with van der Waals surface area (Å²) in [5.41, 5.74) is 16.9. The smallest absolute Gasteiger partial charge is 0.261 e. The van der Waals surface area contributed by atoms with Crippen molar-refractivity contribution in [3.63, 3.8) is 0 Å². The zero-order valence-electron chi connectivity index (χ0n) is 41.1. The first-order chi connectivity index (χ1) is 34.0. The van der Waals surface area contributed by atoms with E-state index in [4.69, 9.17) is 40.5 Å². The summed E-state index contributed by atoms with van der Waals surface area (Å²) in [6, 6.07) is 36.2. The molecule has 0 bridgehead atoms. The van der Waals surface area contributed by atoms with Crippen molar-refractivity contribution in [2.75, 3.05) is 54.6 Å². The van der Waals surface area contributed by atoms with Crippen LogP contribution in [0.15, 0.2) is 130 Å². The van der Waals surface area contributed by atoms with Gasteiger partial charge in [-0.3, -0.25) is 34.4 Å². The molecule has 4 heterocycles. The van der Waals surface area contributed by atoms with Crippen molar-refractivity contribution in [1.29, 1.82) is 0 Å². The summed E-state index contributed by atoms with van der Waals surface area (Å²) in [7, 11) is 6.50. The molecule has 2 aliphatic heterocycles. The summed E-state index contributed by atoms with van der Waals surface area (Å²) in [6.07, 6.45) is 3.48. The van der Waals surface area contributed by atoms with E-state index in [1.165, 1.54) is 11.1 Å². The fraction of sp³-hybridized carbons (Fsp3) is 0.345. The normalized spacial score (nSPS) is 15.9. The molecule has 2 aromatic heterocycles. The van der Waals surface area contributed by atoms with Crippen LogP contribution in [0.4, 0.5) is 0 Å². The van der Waals surface area contributed by atoms with Gasteiger partial charge in [-0.2, -0.15) is 0 Å². The molecule has 0 radical (unpaired) electrons. The second kappa shape index (κ2) is 22.5. The Labute approximate surface area is 409 Å². The van der Waals surface area contributed by atoms with Crippen LogP contribution < -0.4 is 47.1 Å². The first-order valence-corrected chi connectivity index (χ1v) is 23.9. The molecular weight excluding hydrogens is 883 g/mol. The lowest BCUT2D eigenvalue weighted by Gasteiger charge is -2.29. The monoisotopic (exact) mass is 948 g/mol. The van der Waals surface area contributed by atoms with Crippen LogP contribution in [-0.4, -0.2) is 83.5 Å². The fourth-order valence-corrected chi connectivity index (χ4v) is 9.87. The molecule has 0 saturated carbocycles. The van der Waals surface area contributed by atoms with E-state index >= 15 is 0 Å². The Morgan fingerprint density at radius 1 is 0.586 bits per heavy atom. The maximum Gasteiger partial charge on any atom is 0.261 e. The molecule has 9 rings (SSSR count). The van der Waals surface area contributed by atoms with Crippen molar-refractivity contribution in [2.45, 2.75) is 71.1 Å². The van der Waals surface area contributed by atoms with Crippen molar-refractivity contribution in [3.05, 3.63) is 175 Å². The van der Waals surface area contributed by atoms with Gasteiger partial charge in [0.15, 0.2) is 23.0 Å². The van der Waals surface area contributed by atoms with Gasteiger partial charge in [0.2, 0.25) is 0 Å². The van der Waals surface area contributed by atoms with Gasteiger partial charge in [-0.05, 0) is 97.5 Å². The van der Waals surface area contributed by atoms with Crippen molar-refractivity contribution in [3.8, 4) is 23.0 Å². The fourth-order valence-electron chi connectivity index (χ4n) is 9.87. The molecule has 7 aromatic rings. The highest BCUT2D eigenvalue weighted by molar-refractivity contribution is 5.78. The Bertz CT molecular complexity index is 3080. The lowest BCUT2D eigenvalue weighted by Crippen LogP contribution is -2.40. The highest BCUT2D eigenvalue weighted by Crippen LogP contribution is 2.41. The third-order valence-electron chi connectivity index (χ3n) is 13.8. The van der Waals surface area contributed by atoms with Crippen LogP contribution in [-0.2, 0) is 38.8 Å². The average Bonchev–Trinajstić information content (AvgIpc) is 3.64. The van der Waals surface area contributed by atoms with E-state index in [1.807, 2.05) is 89.5 Å². The molecule has 2 unspecified atom stereocenters. The van der Waals surface area contributed by atoms with Gasteiger partial charge in [0, 0.05) is 82.0 Å². The predicted molar refractivity (Wildman–Crippen MR) is 275 cm³/mol. The van der Waals surface area contributed by atoms with Crippen LogP contribution >= 0.6 is 0 Å². The number of para-hydroxylation sites is 2. The Morgan fingerprint density at radius 3 is 1.50 bits per heavy atom. The van der Waals surface area contributed by atoms with Crippen LogP contribution in [0.2, 0.25) is 0 Å². The number of hydrogen-bond donors (Lipinski definition) is 3. The van der Waals surface area contributed by atoms with Gasteiger partial charge in [0.25, 0.3) is 11.1 Å². The Hall–Kier alpha value is -7.20. The molecule has 0 spiro atoms. The largest absolute Gasteiger partial charge is 0.493 e. The van der Waals surface area contributed by atoms with Crippen molar-refractivity contribution in [1.82, 2.24) is 34.3 Å². The van der Waals surface area contributed by atoms with Gasteiger partial charge in [-0.15, -0.1) is 0 Å². The minimum Gasteiger partial charge on any atom is -0.493 e. The molecule has 0 aliphatic carbocycles. The first kappa shape index (κ1) is 49.2. The summed E-state index contributed by atoms with van der Waals surface area (Å²) in [5, 5.41) is 1.28. The number of aryl methyl sites for hydroxylation is 2. The highest BCUT2D eigenvalue weighted by Gasteiger charge is 2.32. The number of hydrogen-bond acceptors (Lipinski definition) is 13. The minimum atomic E-state index is -0.0197. The maximum absolute atomic E-state index is 13.6. The molecule has 70 heavy (non-hydrogen) atoms. The number of fused-ring (bicyclic) bond motifs is 3. The Kier molecular flexibility index (Phi) is 15.8. The van der Waals surface area contributed by atoms with Crippen LogP contribution in [0.1, 0.15) is 66.3 Å². The quantitative estimate of drug-likeness (QED) is 0.0637. The van der Waals surface area contributed by atoms with E-state index in [9.17, 15) is 9.59 Å². The highest BCUT2D eigenvalue weighted by atomic mass is 16.5. The summed E-state index contributed by atoms with van der Waals surface area (Å²) in [5.74, 6) is 9.88. The lowest BCUT2D eigenvalue weighted by molar-refractivity contribution is 0.183. The lowest BCUT2D eigenvalue weighted by atomic mass is 10.0. The number of ether oxygens (including phenoxy) is 4. The number of nitrogens with two attached hydrogens (primary N) is 2. The van der Waals surface area contributed by atoms with Crippen LogP contribution in [0, 0.1) is 0 Å². The molecular formula is C55H65N9O6. The van der Waals surface area contributed by atoms with Gasteiger partial charge in [0.1, 0.15) is 11.6 Å². The molecule has 366 valence electrons. The van der Waals surface area contributed by atoms with E-state index in [2.05, 4.69) is 53.3 Å². The predicted octanol–water partition coefficient (Wildman–Crippen LogP) is 6.87. The van der Waals surface area contributed by atoms with Gasteiger partial charge < -0.3 is 30.1 Å². The van der Waals surface area contributed by atoms with Gasteiger partial charge >= 0.3 is 0 Å². The molecule has 15 nitrogen and oxygen atoms in total. The first-order valence-electron chi connectivity index (χ1n) is 23.9. The van der Waals surface area contributed by atoms with E-state index < -0.39 is 0 Å². The second-order valence-corrected chi connectivity index (χ2v) is 17.8. The molecule has 2 atom stereocenters. The second-order valence-electron chi connectivity index (χ2n) is 17.8. The number of benzene rings is 5. The average molecular weight is 948 g/mol. The van der Waals surface area contributed by atoms with Gasteiger partial charge in [-0.1, -0.05) is 60.7 Å². The molecule has 5 N–H and O–H groups in total. The summed E-state index contributed by atoms with van der Waals surface area (Å²) >= 11 is 0. The van der Waals surface area contributed by atoms with E-state index in [0.717, 1.165) is 71.3 Å². The summed E-state index contributed by atoms with van der Waals surface area (Å²) in [6.45, 7) is 8.67. The van der Waals surface area contributed by atoms with E-state index in [1.54, 1.807) is 33.0 Å². The van der Waals surface area contributed by atoms with Crippen molar-refractivity contribution < 1.29 is 18.9 Å². The SMILES string of the molecule is COc1ccc(CCn2c(CCN3C(C)c4ccccc4C3C)nc3ccccc3c2=O)cc1OC.COc1ccc(CCn2c(CCN3CCC(NN)=C(N)C3)nc3ccccc3c2=O)cc1OC. The van der Waals surface area contributed by atoms with Crippen molar-refractivity contribution >= 4 is 21.8 Å². The van der Waals surface area contributed by atoms with E-state index in [0.29, 0.717) is 91.2 Å². The molecule has 15 heteroatoms. The Morgan fingerprint density at radius 2 is 1.04 bits per heavy atom. The number of rotatable bonds is 17. The number of methoxy groups -OCH3 is 4. The number of nitrogens with one attached hydrogen (secondary N) is 1. The van der Waals surface area contributed by atoms with Crippen LogP contribution in [0.5, 0.6) is 23.0 Å². The summed E-state index contributed by atoms with van der Waals surface area (Å²) in [4.78, 5) is 41.5. The molecule has 0 fully saturated rings. The Balaban J connectivity index is 0.000000189. The zero-order valence-corrected chi connectivity index (χ0v) is 41.1. The number of nitrogens with zero attached hydrogens (tertiary/aromatic N) is 6. The maximum atomic E-state index is 13.6. The third kappa shape index (κ3) is 10.7. The van der Waals surface area contributed by atoms with Gasteiger partial charge in [-0.25, -0.2) is 9.97 Å². The molecule has 0 amide bonds. The van der Waals surface area contributed by atoms with E-state index in [-0.39, 0.29) is 11.1 Å². The van der Waals surface area contributed by atoms with Crippen molar-refractivity contribution in [2.24, 2.45) is 11.6 Å². The molecule has 2 aliphatic rings. The third-order valence-corrected chi connectivity index (χ3v) is 13.8. The molecule has 5 aromatic carbocycles. The summed E-state index contributed by atoms with van der Waals surface area (Å²) < 4.78 is 25.3. The standard InChI is InChI=1S/C30H33N3O3.C25H32N6O3/c1-20-23-9-5-6-10-24(23)21(2)32(20)18-16-29-31-26-12-8-7-11-25(26)30(34)33(29)17-15-22-13-14-27(35-3)28(19-22)36-4;1-33-22-8-7-17(15-23(22)34-2)9-14-31-24(28-20-6-4-3-5-18(20)25(31)32)11-13-30-12-10-21(29-27)19(26)16-30/h5-14,19-21H,15-18H2,1-4H3;3-8,15,29H,9-14,16,26-27H2,1-2H3. The number of aromatic nitrogens is 4. The minimum absolute atomic E-state index is 0.0156.